The van der Waals surface area contributed by atoms with Crippen LogP contribution in [0.5, 0.6) is 0 Å². The molecule has 0 unspecified atom stereocenters. The normalized spacial score (nSPS) is 12.2. The van der Waals surface area contributed by atoms with Crippen LogP contribution in [0, 0.1) is 5.82 Å². The Morgan fingerprint density at radius 2 is 1.83 bits per heavy atom. The number of sulfonamides is 1. The molecule has 1 N–H and O–H groups in total. The van der Waals surface area contributed by atoms with Crippen molar-refractivity contribution < 1.29 is 30.8 Å². The van der Waals surface area contributed by atoms with Crippen molar-refractivity contribution in [3.05, 3.63) is 59.4 Å². The van der Waals surface area contributed by atoms with Crippen molar-refractivity contribution in [2.24, 2.45) is 0 Å². The van der Waals surface area contributed by atoms with Gasteiger partial charge in [0.15, 0.2) is 0 Å². The molecule has 2 aromatic carbocycles. The molecule has 5 nitrogen and oxygen atoms in total. The number of hydrogen-bond acceptors (Lipinski definition) is 3. The third-order valence-electron chi connectivity index (χ3n) is 4.16. The summed E-state index contributed by atoms with van der Waals surface area (Å²) in [7, 11) is -2.86. The van der Waals surface area contributed by atoms with Crippen molar-refractivity contribution in [1.82, 2.24) is 4.31 Å². The molecule has 2 aromatic rings. The molecule has 2 rings (SSSR count). The number of unbranched alkanes of at least 4 members (excludes halogenated alkanes) is 1. The van der Waals surface area contributed by atoms with E-state index in [1.54, 1.807) is 0 Å². The van der Waals surface area contributed by atoms with E-state index in [0.717, 1.165) is 47.1 Å². The fourth-order valence-electron chi connectivity index (χ4n) is 2.49. The molecule has 0 fully saturated rings. The summed E-state index contributed by atoms with van der Waals surface area (Å²) < 4.78 is 78.7. The monoisotopic (exact) mass is 432 g/mol. The van der Waals surface area contributed by atoms with E-state index >= 15 is 0 Å². The van der Waals surface area contributed by atoms with Gasteiger partial charge in [0, 0.05) is 24.8 Å². The number of anilines is 1. The van der Waals surface area contributed by atoms with Gasteiger partial charge in [-0.15, -0.1) is 0 Å². The van der Waals surface area contributed by atoms with Crippen LogP contribution in [0.1, 0.15) is 35.7 Å². The maximum Gasteiger partial charge on any atom is 0.416 e. The Hall–Kier alpha value is -2.46. The van der Waals surface area contributed by atoms with E-state index in [9.17, 15) is 30.8 Å². The van der Waals surface area contributed by atoms with Crippen LogP contribution in [0.4, 0.5) is 23.2 Å². The zero-order valence-corrected chi connectivity index (χ0v) is 16.6. The topological polar surface area (TPSA) is 66.5 Å². The summed E-state index contributed by atoms with van der Waals surface area (Å²) in [5.41, 5.74) is -1.28. The fourth-order valence-corrected chi connectivity index (χ4v) is 3.78. The summed E-state index contributed by atoms with van der Waals surface area (Å²) in [6.07, 6.45) is -3.27. The van der Waals surface area contributed by atoms with Gasteiger partial charge in [-0.1, -0.05) is 19.4 Å². The van der Waals surface area contributed by atoms with Gasteiger partial charge in [0.2, 0.25) is 10.0 Å². The highest BCUT2D eigenvalue weighted by atomic mass is 32.2. The largest absolute Gasteiger partial charge is 0.416 e. The molecule has 0 aromatic heterocycles. The second-order valence-corrected chi connectivity index (χ2v) is 8.37. The Balaban J connectivity index is 2.30. The molecular formula is C19H20F4N2O3S. The van der Waals surface area contributed by atoms with Crippen LogP contribution >= 0.6 is 0 Å². The zero-order chi connectivity index (χ0) is 21.8. The van der Waals surface area contributed by atoms with E-state index in [1.165, 1.54) is 13.1 Å². The molecule has 0 aliphatic rings. The predicted octanol–water partition coefficient (Wildman–Crippen LogP) is 4.52. The smallest absolute Gasteiger partial charge is 0.322 e. The number of nitrogens with zero attached hydrogens (tertiary/aromatic N) is 1. The SMILES string of the molecule is CCCCN(C)S(=O)(=O)c1cc(C(=O)Nc2cccc(C(F)(F)F)c2)ccc1F. The van der Waals surface area contributed by atoms with Crippen LogP contribution in [0.25, 0.3) is 0 Å². The maximum atomic E-state index is 14.2. The first-order chi connectivity index (χ1) is 13.5. The molecule has 0 saturated carbocycles. The molecule has 10 heteroatoms. The van der Waals surface area contributed by atoms with Crippen LogP contribution < -0.4 is 5.32 Å². The molecule has 0 spiro atoms. The molecule has 0 aliphatic carbocycles. The van der Waals surface area contributed by atoms with Crippen LogP contribution in [0.2, 0.25) is 0 Å². The van der Waals surface area contributed by atoms with Crippen LogP contribution in [0.15, 0.2) is 47.4 Å². The van der Waals surface area contributed by atoms with Gasteiger partial charge in [0.05, 0.1) is 5.56 Å². The number of halogens is 4. The van der Waals surface area contributed by atoms with Crippen LogP contribution in [-0.2, 0) is 16.2 Å². The van der Waals surface area contributed by atoms with Crippen molar-refractivity contribution in [2.45, 2.75) is 30.8 Å². The number of amides is 1. The highest BCUT2D eigenvalue weighted by molar-refractivity contribution is 7.89. The first-order valence-corrected chi connectivity index (χ1v) is 10.2. The minimum Gasteiger partial charge on any atom is -0.322 e. The number of carbonyl (C=O) groups excluding carboxylic acids is 1. The Labute approximate surface area is 166 Å². The van der Waals surface area contributed by atoms with E-state index in [1.807, 2.05) is 6.92 Å². The lowest BCUT2D eigenvalue weighted by atomic mass is 10.1. The summed E-state index contributed by atoms with van der Waals surface area (Å²) in [4.78, 5) is 11.7. The van der Waals surface area contributed by atoms with E-state index in [4.69, 9.17) is 0 Å². The highest BCUT2D eigenvalue weighted by Gasteiger charge is 2.30. The molecule has 0 saturated heterocycles. The lowest BCUT2D eigenvalue weighted by Gasteiger charge is -2.18. The van der Waals surface area contributed by atoms with Gasteiger partial charge >= 0.3 is 6.18 Å². The van der Waals surface area contributed by atoms with Crippen molar-refractivity contribution >= 4 is 21.6 Å². The van der Waals surface area contributed by atoms with Gasteiger partial charge in [-0.3, -0.25) is 4.79 Å². The number of rotatable bonds is 7. The fraction of sp³-hybridized carbons (Fsp3) is 0.316. The van der Waals surface area contributed by atoms with Crippen LogP contribution in [0.3, 0.4) is 0 Å². The van der Waals surface area contributed by atoms with Gasteiger partial charge in [-0.25, -0.2) is 17.1 Å². The van der Waals surface area contributed by atoms with E-state index < -0.39 is 38.4 Å². The third kappa shape index (κ3) is 5.54. The lowest BCUT2D eigenvalue weighted by molar-refractivity contribution is -0.137. The minimum atomic E-state index is -4.58. The minimum absolute atomic E-state index is 0.126. The van der Waals surface area contributed by atoms with E-state index in [2.05, 4.69) is 5.32 Å². The Bertz CT molecular complexity index is 991. The Morgan fingerprint density at radius 1 is 1.14 bits per heavy atom. The number of carbonyl (C=O) groups is 1. The number of nitrogens with one attached hydrogen (secondary N) is 1. The average molecular weight is 432 g/mol. The summed E-state index contributed by atoms with van der Waals surface area (Å²) in [5.74, 6) is -1.89. The quantitative estimate of drug-likeness (QED) is 0.655. The molecule has 0 radical (unpaired) electrons. The molecular weight excluding hydrogens is 412 g/mol. The summed E-state index contributed by atoms with van der Waals surface area (Å²) >= 11 is 0. The second-order valence-electron chi connectivity index (χ2n) is 6.36. The highest BCUT2D eigenvalue weighted by Crippen LogP contribution is 2.31. The summed E-state index contributed by atoms with van der Waals surface area (Å²) in [6, 6.07) is 6.75. The van der Waals surface area contributed by atoms with Gasteiger partial charge < -0.3 is 5.32 Å². The molecule has 1 amide bonds. The Kier molecular flexibility index (Phi) is 7.02. The van der Waals surface area contributed by atoms with Crippen molar-refractivity contribution in [3.63, 3.8) is 0 Å². The predicted molar refractivity (Wildman–Crippen MR) is 101 cm³/mol. The maximum absolute atomic E-state index is 14.2. The van der Waals surface area contributed by atoms with Crippen molar-refractivity contribution in [2.75, 3.05) is 18.9 Å². The molecule has 29 heavy (non-hydrogen) atoms. The summed E-state index contributed by atoms with van der Waals surface area (Å²) in [6.45, 7) is 2.05. The van der Waals surface area contributed by atoms with Gasteiger partial charge in [0.25, 0.3) is 5.91 Å². The number of benzene rings is 2. The number of hydrogen-bond donors (Lipinski definition) is 1. The number of alkyl halides is 3. The Morgan fingerprint density at radius 3 is 2.45 bits per heavy atom. The van der Waals surface area contributed by atoms with Gasteiger partial charge in [0.1, 0.15) is 10.7 Å². The third-order valence-corrected chi connectivity index (χ3v) is 6.03. The summed E-state index contributed by atoms with van der Waals surface area (Å²) in [5, 5.41) is 2.26. The molecule has 0 atom stereocenters. The van der Waals surface area contributed by atoms with Gasteiger partial charge in [-0.2, -0.15) is 13.2 Å². The van der Waals surface area contributed by atoms with Crippen molar-refractivity contribution in [3.8, 4) is 0 Å². The standard InChI is InChI=1S/C19H20F4N2O3S/c1-3-4-10-25(2)29(27,28)17-11-13(8-9-16(17)20)18(26)24-15-7-5-6-14(12-15)19(21,22)23/h5-9,11-12H,3-4,10H2,1-2H3,(H,24,26). The first kappa shape index (κ1) is 22.8. The van der Waals surface area contributed by atoms with Gasteiger partial charge in [-0.05, 0) is 42.8 Å². The van der Waals surface area contributed by atoms with E-state index in [-0.39, 0.29) is 17.8 Å². The second kappa shape index (κ2) is 8.91. The molecule has 0 heterocycles. The van der Waals surface area contributed by atoms with Crippen molar-refractivity contribution in [1.29, 1.82) is 0 Å². The lowest BCUT2D eigenvalue weighted by Crippen LogP contribution is -2.29. The van der Waals surface area contributed by atoms with E-state index in [0.29, 0.717) is 6.42 Å². The molecule has 0 aliphatic heterocycles. The van der Waals surface area contributed by atoms with Crippen LogP contribution in [-0.4, -0.2) is 32.2 Å². The zero-order valence-electron chi connectivity index (χ0n) is 15.8. The molecule has 0 bridgehead atoms. The molecule has 158 valence electrons. The average Bonchev–Trinajstić information content (AvgIpc) is 2.65. The first-order valence-electron chi connectivity index (χ1n) is 8.71.